The minimum absolute atomic E-state index is 0.0883. The van der Waals surface area contributed by atoms with Crippen molar-refractivity contribution >= 4 is 15.8 Å². The van der Waals surface area contributed by atoms with Gasteiger partial charge in [-0.25, -0.2) is 18.1 Å². The first kappa shape index (κ1) is 13.9. The summed E-state index contributed by atoms with van der Waals surface area (Å²) >= 11 is 0. The summed E-state index contributed by atoms with van der Waals surface area (Å²) in [6.45, 7) is 6.29. The van der Waals surface area contributed by atoms with E-state index in [2.05, 4.69) is 15.0 Å². The fourth-order valence-corrected chi connectivity index (χ4v) is 2.78. The van der Waals surface area contributed by atoms with Crippen LogP contribution in [0.25, 0.3) is 0 Å². The van der Waals surface area contributed by atoms with E-state index in [1.54, 1.807) is 18.3 Å². The van der Waals surface area contributed by atoms with Crippen molar-refractivity contribution in [2.75, 3.05) is 11.9 Å². The molecule has 0 bridgehead atoms. The van der Waals surface area contributed by atoms with Crippen molar-refractivity contribution in [3.05, 3.63) is 18.3 Å². The number of hydrogen-bond donors (Lipinski definition) is 2. The molecule has 0 aliphatic heterocycles. The monoisotopic (exact) mass is 257 g/mol. The van der Waals surface area contributed by atoms with E-state index in [-0.39, 0.29) is 10.9 Å². The summed E-state index contributed by atoms with van der Waals surface area (Å²) in [5.41, 5.74) is 0. The lowest BCUT2D eigenvalue weighted by Crippen LogP contribution is -2.32. The number of pyridine rings is 1. The van der Waals surface area contributed by atoms with Crippen LogP contribution in [-0.4, -0.2) is 26.0 Å². The number of rotatable bonds is 6. The topological polar surface area (TPSA) is 71.1 Å². The van der Waals surface area contributed by atoms with Crippen molar-refractivity contribution in [1.82, 2.24) is 9.71 Å². The molecule has 0 saturated carbocycles. The summed E-state index contributed by atoms with van der Waals surface area (Å²) in [6, 6.07) is 3.08. The molecule has 0 radical (unpaired) electrons. The summed E-state index contributed by atoms with van der Waals surface area (Å²) in [6.07, 6.45) is 2.32. The van der Waals surface area contributed by atoms with Gasteiger partial charge in [-0.3, -0.25) is 0 Å². The van der Waals surface area contributed by atoms with Crippen molar-refractivity contribution < 1.29 is 8.42 Å². The van der Waals surface area contributed by atoms with E-state index < -0.39 is 10.0 Å². The van der Waals surface area contributed by atoms with Crippen LogP contribution >= 0.6 is 0 Å². The van der Waals surface area contributed by atoms with Gasteiger partial charge in [0.15, 0.2) is 0 Å². The lowest BCUT2D eigenvalue weighted by molar-refractivity contribution is 0.556. The van der Waals surface area contributed by atoms with Gasteiger partial charge < -0.3 is 5.32 Å². The second-order valence-electron chi connectivity index (χ2n) is 3.81. The van der Waals surface area contributed by atoms with Crippen LogP contribution in [0.1, 0.15) is 27.2 Å². The molecule has 5 nitrogen and oxygen atoms in total. The van der Waals surface area contributed by atoms with Gasteiger partial charge >= 0.3 is 0 Å². The average molecular weight is 257 g/mol. The highest BCUT2D eigenvalue weighted by molar-refractivity contribution is 7.89. The minimum atomic E-state index is -3.50. The maximum Gasteiger partial charge on any atom is 0.244 e. The first-order chi connectivity index (χ1) is 8.01. The summed E-state index contributed by atoms with van der Waals surface area (Å²) in [5.74, 6) is 0.394. The Hall–Kier alpha value is -1.14. The highest BCUT2D eigenvalue weighted by Gasteiger charge is 2.20. The molecule has 0 fully saturated rings. The van der Waals surface area contributed by atoms with Crippen molar-refractivity contribution in [3.63, 3.8) is 0 Å². The molecule has 0 aliphatic rings. The molecule has 1 unspecified atom stereocenters. The molecule has 0 aliphatic carbocycles. The molecule has 0 aromatic carbocycles. The Balaban J connectivity index is 3.06. The van der Waals surface area contributed by atoms with E-state index in [0.29, 0.717) is 12.4 Å². The van der Waals surface area contributed by atoms with Gasteiger partial charge in [0.1, 0.15) is 10.7 Å². The van der Waals surface area contributed by atoms with Gasteiger partial charge in [0.05, 0.1) is 0 Å². The Bertz CT molecular complexity index is 460. The molecule has 1 aromatic heterocycles. The Labute approximate surface area is 103 Å². The van der Waals surface area contributed by atoms with E-state index >= 15 is 0 Å². The smallest absolute Gasteiger partial charge is 0.244 e. The van der Waals surface area contributed by atoms with E-state index in [1.807, 2.05) is 20.8 Å². The van der Waals surface area contributed by atoms with E-state index in [4.69, 9.17) is 0 Å². The molecule has 96 valence electrons. The van der Waals surface area contributed by atoms with Crippen molar-refractivity contribution in [2.45, 2.75) is 38.1 Å². The van der Waals surface area contributed by atoms with Gasteiger partial charge in [0.2, 0.25) is 10.0 Å². The Kier molecular flexibility index (Phi) is 4.89. The maximum atomic E-state index is 12.1. The number of aromatic nitrogens is 1. The van der Waals surface area contributed by atoms with Crippen LogP contribution < -0.4 is 10.0 Å². The second kappa shape index (κ2) is 5.97. The molecule has 1 aromatic rings. The zero-order valence-electron chi connectivity index (χ0n) is 10.4. The fourth-order valence-electron chi connectivity index (χ4n) is 1.32. The first-order valence-corrected chi connectivity index (χ1v) is 7.20. The highest BCUT2D eigenvalue weighted by atomic mass is 32.2. The Morgan fingerprint density at radius 2 is 2.12 bits per heavy atom. The maximum absolute atomic E-state index is 12.1. The summed E-state index contributed by atoms with van der Waals surface area (Å²) in [7, 11) is -3.50. The molecule has 1 heterocycles. The van der Waals surface area contributed by atoms with Crippen molar-refractivity contribution in [1.29, 1.82) is 0 Å². The molecule has 6 heteroatoms. The van der Waals surface area contributed by atoms with E-state index in [1.165, 1.54) is 0 Å². The average Bonchev–Trinajstić information content (AvgIpc) is 2.29. The van der Waals surface area contributed by atoms with Gasteiger partial charge in [-0.05, 0) is 32.4 Å². The zero-order valence-corrected chi connectivity index (χ0v) is 11.2. The Morgan fingerprint density at radius 1 is 1.41 bits per heavy atom. The Morgan fingerprint density at radius 3 is 2.71 bits per heavy atom. The predicted octanol–water partition coefficient (Wildman–Crippen LogP) is 1.59. The fraction of sp³-hybridized carbons (Fsp3) is 0.545. The van der Waals surface area contributed by atoms with E-state index in [9.17, 15) is 8.42 Å². The third kappa shape index (κ3) is 3.67. The quantitative estimate of drug-likeness (QED) is 0.812. The third-order valence-electron chi connectivity index (χ3n) is 2.37. The SMILES string of the molecule is CCNc1ncccc1S(=O)(=O)NC(C)CC. The number of nitrogens with one attached hydrogen (secondary N) is 2. The van der Waals surface area contributed by atoms with Gasteiger partial charge in [-0.1, -0.05) is 6.92 Å². The van der Waals surface area contributed by atoms with Gasteiger partial charge in [-0.15, -0.1) is 0 Å². The van der Waals surface area contributed by atoms with Crippen LogP contribution in [0.15, 0.2) is 23.2 Å². The molecular formula is C11H19N3O2S. The standard InChI is InChI=1S/C11H19N3O2S/c1-4-9(3)14-17(15,16)10-7-6-8-13-11(10)12-5-2/h6-9,14H,4-5H2,1-3H3,(H,12,13). The molecule has 0 amide bonds. The van der Waals surface area contributed by atoms with Crippen LogP contribution in [0.4, 0.5) is 5.82 Å². The second-order valence-corrected chi connectivity index (χ2v) is 5.49. The van der Waals surface area contributed by atoms with Gasteiger partial charge in [0, 0.05) is 18.8 Å². The van der Waals surface area contributed by atoms with Crippen molar-refractivity contribution in [2.24, 2.45) is 0 Å². The van der Waals surface area contributed by atoms with Crippen LogP contribution in [-0.2, 0) is 10.0 Å². The largest absolute Gasteiger partial charge is 0.369 e. The van der Waals surface area contributed by atoms with Crippen LogP contribution in [0, 0.1) is 0 Å². The molecule has 1 atom stereocenters. The highest BCUT2D eigenvalue weighted by Crippen LogP contribution is 2.18. The molecule has 0 spiro atoms. The lowest BCUT2D eigenvalue weighted by Gasteiger charge is -2.14. The van der Waals surface area contributed by atoms with E-state index in [0.717, 1.165) is 6.42 Å². The van der Waals surface area contributed by atoms with Gasteiger partial charge in [0.25, 0.3) is 0 Å². The molecule has 0 saturated heterocycles. The number of sulfonamides is 1. The molecule has 1 rings (SSSR count). The van der Waals surface area contributed by atoms with Crippen molar-refractivity contribution in [3.8, 4) is 0 Å². The third-order valence-corrected chi connectivity index (χ3v) is 3.99. The summed E-state index contributed by atoms with van der Waals surface area (Å²) < 4.78 is 26.8. The van der Waals surface area contributed by atoms with Crippen LogP contribution in [0.3, 0.4) is 0 Å². The first-order valence-electron chi connectivity index (χ1n) is 5.72. The minimum Gasteiger partial charge on any atom is -0.369 e. The number of anilines is 1. The predicted molar refractivity (Wildman–Crippen MR) is 68.5 cm³/mol. The molecule has 2 N–H and O–H groups in total. The van der Waals surface area contributed by atoms with Crippen LogP contribution in [0.2, 0.25) is 0 Å². The number of hydrogen-bond acceptors (Lipinski definition) is 4. The molecular weight excluding hydrogens is 238 g/mol. The summed E-state index contributed by atoms with van der Waals surface area (Å²) in [4.78, 5) is 4.23. The van der Waals surface area contributed by atoms with Gasteiger partial charge in [-0.2, -0.15) is 0 Å². The normalized spacial score (nSPS) is 13.4. The van der Waals surface area contributed by atoms with Crippen LogP contribution in [0.5, 0.6) is 0 Å². The number of nitrogens with zero attached hydrogens (tertiary/aromatic N) is 1. The lowest BCUT2D eigenvalue weighted by atomic mass is 10.3. The summed E-state index contributed by atoms with van der Waals surface area (Å²) in [5, 5.41) is 2.94. The molecule has 17 heavy (non-hydrogen) atoms. The zero-order chi connectivity index (χ0) is 12.9.